The van der Waals surface area contributed by atoms with E-state index < -0.39 is 0 Å². The van der Waals surface area contributed by atoms with E-state index in [0.29, 0.717) is 0 Å². The Labute approximate surface area is 118 Å². The molecule has 18 heavy (non-hydrogen) atoms. The predicted octanol–water partition coefficient (Wildman–Crippen LogP) is 3.10. The quantitative estimate of drug-likeness (QED) is 0.908. The van der Waals surface area contributed by atoms with Crippen molar-refractivity contribution in [3.8, 4) is 5.75 Å². The molecule has 2 nitrogen and oxygen atoms in total. The first-order chi connectivity index (χ1) is 8.70. The Morgan fingerprint density at radius 1 is 1.33 bits per heavy atom. The van der Waals surface area contributed by atoms with Gasteiger partial charge in [-0.1, -0.05) is 29.3 Å². The maximum absolute atomic E-state index is 5.43. The Hall–Kier alpha value is -0.540. The molecule has 1 saturated carbocycles. The second-order valence-corrected chi connectivity index (χ2v) is 6.24. The first kappa shape index (κ1) is 13.9. The van der Waals surface area contributed by atoms with Crippen LogP contribution in [0.25, 0.3) is 0 Å². The summed E-state index contributed by atoms with van der Waals surface area (Å²) in [6.45, 7) is 3.40. The van der Waals surface area contributed by atoms with Crippen LogP contribution in [0.5, 0.6) is 5.75 Å². The number of nitrogens with two attached hydrogens (primary N) is 1. The summed E-state index contributed by atoms with van der Waals surface area (Å²) >= 11 is 3.53. The molecule has 0 spiro atoms. The van der Waals surface area contributed by atoms with Crippen molar-refractivity contribution in [2.75, 3.05) is 7.11 Å². The van der Waals surface area contributed by atoms with E-state index in [-0.39, 0.29) is 0 Å². The number of hydrogen-bond acceptors (Lipinski definition) is 1. The highest BCUT2D eigenvalue weighted by Crippen LogP contribution is 2.24. The van der Waals surface area contributed by atoms with Crippen molar-refractivity contribution < 1.29 is 10.1 Å². The van der Waals surface area contributed by atoms with Gasteiger partial charge in [0.25, 0.3) is 0 Å². The highest BCUT2D eigenvalue weighted by Gasteiger charge is 2.24. The van der Waals surface area contributed by atoms with E-state index >= 15 is 0 Å². The van der Waals surface area contributed by atoms with Crippen LogP contribution in [-0.2, 0) is 6.54 Å². The Bertz CT molecular complexity index is 394. The molecular formula is C15H23BrNO+. The number of rotatable bonds is 4. The van der Waals surface area contributed by atoms with E-state index in [9.17, 15) is 0 Å². The largest absolute Gasteiger partial charge is 0.496 e. The summed E-state index contributed by atoms with van der Waals surface area (Å²) in [5.74, 6) is 1.84. The first-order valence-corrected chi connectivity index (χ1v) is 7.65. The smallest absolute Gasteiger partial charge is 0.127 e. The van der Waals surface area contributed by atoms with Crippen LogP contribution < -0.4 is 10.1 Å². The molecule has 1 aliphatic carbocycles. The molecule has 0 saturated heterocycles. The molecule has 1 aromatic rings. The fraction of sp³-hybridized carbons (Fsp3) is 0.600. The van der Waals surface area contributed by atoms with Crippen molar-refractivity contribution in [3.05, 3.63) is 28.2 Å². The summed E-state index contributed by atoms with van der Waals surface area (Å²) in [4.78, 5) is 0. The number of halogens is 1. The Kier molecular flexibility index (Phi) is 5.07. The third-order valence-electron chi connectivity index (χ3n) is 4.06. The lowest BCUT2D eigenvalue weighted by molar-refractivity contribution is -0.712. The number of hydrogen-bond donors (Lipinski definition) is 1. The fourth-order valence-corrected chi connectivity index (χ4v) is 3.29. The summed E-state index contributed by atoms with van der Waals surface area (Å²) < 4.78 is 6.55. The van der Waals surface area contributed by atoms with Gasteiger partial charge >= 0.3 is 0 Å². The summed E-state index contributed by atoms with van der Waals surface area (Å²) in [7, 11) is 1.75. The third kappa shape index (κ3) is 3.48. The topological polar surface area (TPSA) is 25.8 Å². The van der Waals surface area contributed by atoms with Gasteiger partial charge in [-0.15, -0.1) is 0 Å². The minimum atomic E-state index is 0.780. The van der Waals surface area contributed by atoms with Crippen molar-refractivity contribution >= 4 is 15.9 Å². The SMILES string of the molecule is COc1ccc(Br)cc1C[NH2+][C@H]1CCCC[C@@H]1C. The molecule has 1 aliphatic rings. The molecule has 0 heterocycles. The van der Waals surface area contributed by atoms with Gasteiger partial charge in [0.05, 0.1) is 13.2 Å². The van der Waals surface area contributed by atoms with Gasteiger partial charge in [0, 0.05) is 16.0 Å². The second kappa shape index (κ2) is 6.58. The maximum atomic E-state index is 5.43. The summed E-state index contributed by atoms with van der Waals surface area (Å²) in [5.41, 5.74) is 1.28. The molecule has 1 fully saturated rings. The van der Waals surface area contributed by atoms with Crippen molar-refractivity contribution in [1.29, 1.82) is 0 Å². The van der Waals surface area contributed by atoms with E-state index in [2.05, 4.69) is 34.2 Å². The number of quaternary nitrogens is 1. The molecule has 100 valence electrons. The molecular weight excluding hydrogens is 290 g/mol. The van der Waals surface area contributed by atoms with Crippen molar-refractivity contribution in [3.63, 3.8) is 0 Å². The number of benzene rings is 1. The third-order valence-corrected chi connectivity index (χ3v) is 4.55. The molecule has 0 amide bonds. The van der Waals surface area contributed by atoms with E-state index in [4.69, 9.17) is 4.74 Å². The van der Waals surface area contributed by atoms with Crippen LogP contribution in [0.4, 0.5) is 0 Å². The lowest BCUT2D eigenvalue weighted by Crippen LogP contribution is -2.90. The summed E-state index contributed by atoms with van der Waals surface area (Å²) in [5, 5.41) is 2.49. The van der Waals surface area contributed by atoms with Crippen LogP contribution in [0, 0.1) is 5.92 Å². The molecule has 1 aromatic carbocycles. The van der Waals surface area contributed by atoms with Crippen LogP contribution >= 0.6 is 15.9 Å². The highest BCUT2D eigenvalue weighted by atomic mass is 79.9. The second-order valence-electron chi connectivity index (χ2n) is 5.32. The van der Waals surface area contributed by atoms with E-state index in [1.165, 1.54) is 31.2 Å². The molecule has 0 radical (unpaired) electrons. The zero-order valence-corrected chi connectivity index (χ0v) is 12.9. The van der Waals surface area contributed by atoms with Crippen LogP contribution in [0.3, 0.4) is 0 Å². The van der Waals surface area contributed by atoms with Gasteiger partial charge in [0.2, 0.25) is 0 Å². The van der Waals surface area contributed by atoms with Gasteiger partial charge in [-0.3, -0.25) is 0 Å². The molecule has 0 bridgehead atoms. The monoisotopic (exact) mass is 312 g/mol. The van der Waals surface area contributed by atoms with Crippen LogP contribution in [0.2, 0.25) is 0 Å². The zero-order valence-electron chi connectivity index (χ0n) is 11.3. The van der Waals surface area contributed by atoms with Crippen LogP contribution in [0.15, 0.2) is 22.7 Å². The molecule has 0 unspecified atom stereocenters. The van der Waals surface area contributed by atoms with Gasteiger partial charge in [0.15, 0.2) is 0 Å². The molecule has 3 heteroatoms. The lowest BCUT2D eigenvalue weighted by Gasteiger charge is -2.26. The molecule has 0 aliphatic heterocycles. The van der Waals surface area contributed by atoms with Crippen molar-refractivity contribution in [2.45, 2.75) is 45.2 Å². The lowest BCUT2D eigenvalue weighted by atomic mass is 9.86. The minimum Gasteiger partial charge on any atom is -0.496 e. The predicted molar refractivity (Wildman–Crippen MR) is 77.7 cm³/mol. The van der Waals surface area contributed by atoms with E-state index in [0.717, 1.165) is 28.7 Å². The average molecular weight is 313 g/mol. The van der Waals surface area contributed by atoms with Crippen LogP contribution in [-0.4, -0.2) is 13.2 Å². The zero-order chi connectivity index (χ0) is 13.0. The van der Waals surface area contributed by atoms with Crippen LogP contribution in [0.1, 0.15) is 38.2 Å². The van der Waals surface area contributed by atoms with Gasteiger partial charge in [-0.05, 0) is 37.5 Å². The van der Waals surface area contributed by atoms with E-state index in [1.54, 1.807) is 7.11 Å². The summed E-state index contributed by atoms with van der Waals surface area (Å²) in [6.07, 6.45) is 5.54. The molecule has 2 rings (SSSR count). The molecule has 2 atom stereocenters. The van der Waals surface area contributed by atoms with Gasteiger partial charge in [-0.2, -0.15) is 0 Å². The van der Waals surface area contributed by atoms with Gasteiger partial charge in [-0.25, -0.2) is 0 Å². The molecule has 2 N–H and O–H groups in total. The Morgan fingerprint density at radius 2 is 2.11 bits per heavy atom. The average Bonchev–Trinajstić information content (AvgIpc) is 2.38. The standard InChI is InChI=1S/C15H22BrNO/c1-11-5-3-4-6-14(11)17-10-12-9-13(16)7-8-15(12)18-2/h7-9,11,14,17H,3-6,10H2,1-2H3/p+1/t11-,14-/m0/s1. The van der Waals surface area contributed by atoms with Gasteiger partial charge < -0.3 is 10.1 Å². The number of methoxy groups -OCH3 is 1. The minimum absolute atomic E-state index is 0.780. The Morgan fingerprint density at radius 3 is 2.83 bits per heavy atom. The number of ether oxygens (including phenoxy) is 1. The van der Waals surface area contributed by atoms with Crippen molar-refractivity contribution in [1.82, 2.24) is 0 Å². The molecule has 0 aromatic heterocycles. The normalized spacial score (nSPS) is 23.9. The maximum Gasteiger partial charge on any atom is 0.127 e. The first-order valence-electron chi connectivity index (χ1n) is 6.86. The van der Waals surface area contributed by atoms with E-state index in [1.807, 2.05) is 12.1 Å². The van der Waals surface area contributed by atoms with Crippen molar-refractivity contribution in [2.24, 2.45) is 5.92 Å². The summed E-state index contributed by atoms with van der Waals surface area (Å²) in [6, 6.07) is 7.02. The highest BCUT2D eigenvalue weighted by molar-refractivity contribution is 9.10. The van der Waals surface area contributed by atoms with Gasteiger partial charge in [0.1, 0.15) is 12.3 Å². The fourth-order valence-electron chi connectivity index (χ4n) is 2.88. The Balaban J connectivity index is 1.98.